The van der Waals surface area contributed by atoms with Gasteiger partial charge in [0.25, 0.3) is 0 Å². The zero-order valence-corrected chi connectivity index (χ0v) is 12.6. The third-order valence-electron chi connectivity index (χ3n) is 2.68. The van der Waals surface area contributed by atoms with Gasteiger partial charge in [-0.1, -0.05) is 0 Å². The van der Waals surface area contributed by atoms with Crippen molar-refractivity contribution in [1.82, 2.24) is 15.5 Å². The number of aliphatic hydroxyl groups is 1. The second-order valence-corrected chi connectivity index (χ2v) is 5.46. The van der Waals surface area contributed by atoms with E-state index in [0.717, 1.165) is 5.56 Å². The second kappa shape index (κ2) is 8.68. The van der Waals surface area contributed by atoms with Crippen molar-refractivity contribution in [2.24, 2.45) is 0 Å². The fourth-order valence-corrected chi connectivity index (χ4v) is 2.21. The molecule has 112 valence electrons. The Morgan fingerprint density at radius 2 is 1.95 bits per heavy atom. The average Bonchev–Trinajstić information content (AvgIpc) is 2.91. The lowest BCUT2D eigenvalue weighted by Gasteiger charge is -2.11. The molecule has 0 fully saturated rings. The van der Waals surface area contributed by atoms with Crippen LogP contribution in [-0.4, -0.2) is 55.6 Å². The summed E-state index contributed by atoms with van der Waals surface area (Å²) < 4.78 is 0. The topological polar surface area (TPSA) is 81.7 Å². The molecule has 6 nitrogen and oxygen atoms in total. The summed E-state index contributed by atoms with van der Waals surface area (Å²) in [6.07, 6.45) is -0.230. The number of amides is 2. The molecule has 1 rings (SSSR count). The van der Waals surface area contributed by atoms with E-state index in [9.17, 15) is 14.7 Å². The lowest BCUT2D eigenvalue weighted by Crippen LogP contribution is -2.42. The Balaban J connectivity index is 2.17. The summed E-state index contributed by atoms with van der Waals surface area (Å²) in [5.41, 5.74) is 0.833. The van der Waals surface area contributed by atoms with Gasteiger partial charge >= 0.3 is 11.8 Å². The zero-order chi connectivity index (χ0) is 15.0. The largest absolute Gasteiger partial charge is 0.388 e. The van der Waals surface area contributed by atoms with Crippen molar-refractivity contribution in [3.8, 4) is 0 Å². The molecule has 1 aromatic rings. The number of thiophene rings is 1. The van der Waals surface area contributed by atoms with Gasteiger partial charge in [-0.15, -0.1) is 0 Å². The van der Waals surface area contributed by atoms with E-state index in [1.165, 1.54) is 11.3 Å². The monoisotopic (exact) mass is 299 g/mol. The molecule has 0 spiro atoms. The van der Waals surface area contributed by atoms with Gasteiger partial charge in [-0.3, -0.25) is 9.59 Å². The van der Waals surface area contributed by atoms with Crippen molar-refractivity contribution in [1.29, 1.82) is 0 Å². The Kier molecular flexibility index (Phi) is 7.21. The van der Waals surface area contributed by atoms with E-state index in [0.29, 0.717) is 19.5 Å². The van der Waals surface area contributed by atoms with Crippen LogP contribution in [0.4, 0.5) is 0 Å². The first kappa shape index (κ1) is 16.6. The molecule has 1 heterocycles. The predicted molar refractivity (Wildman–Crippen MR) is 78.5 cm³/mol. The van der Waals surface area contributed by atoms with E-state index in [-0.39, 0.29) is 6.54 Å². The van der Waals surface area contributed by atoms with Crippen molar-refractivity contribution in [2.75, 3.05) is 33.7 Å². The van der Waals surface area contributed by atoms with Crippen LogP contribution in [0.3, 0.4) is 0 Å². The molecular weight excluding hydrogens is 278 g/mol. The molecular formula is C13H21N3O3S. The van der Waals surface area contributed by atoms with E-state index in [1.807, 2.05) is 35.8 Å². The fraction of sp³-hybridized carbons (Fsp3) is 0.538. The Morgan fingerprint density at radius 3 is 2.50 bits per heavy atom. The number of rotatable bonds is 7. The van der Waals surface area contributed by atoms with E-state index < -0.39 is 17.9 Å². The number of carbonyl (C=O) groups excluding carboxylic acids is 2. The third-order valence-corrected chi connectivity index (χ3v) is 3.38. The minimum absolute atomic E-state index is 0.261. The highest BCUT2D eigenvalue weighted by Crippen LogP contribution is 2.18. The lowest BCUT2D eigenvalue weighted by molar-refractivity contribution is -0.139. The molecule has 1 atom stereocenters. The number of hydrogen-bond donors (Lipinski definition) is 3. The molecule has 2 amide bonds. The Morgan fingerprint density at radius 1 is 1.30 bits per heavy atom. The highest BCUT2D eigenvalue weighted by Gasteiger charge is 2.13. The minimum atomic E-state index is -0.665. The molecule has 0 aliphatic rings. The number of nitrogens with one attached hydrogen (secondary N) is 2. The van der Waals surface area contributed by atoms with Crippen molar-refractivity contribution < 1.29 is 14.7 Å². The van der Waals surface area contributed by atoms with Gasteiger partial charge in [0.2, 0.25) is 0 Å². The van der Waals surface area contributed by atoms with Crippen LogP contribution in [0.2, 0.25) is 0 Å². The van der Waals surface area contributed by atoms with Crippen LogP contribution in [0, 0.1) is 0 Å². The number of nitrogens with zero attached hydrogens (tertiary/aromatic N) is 1. The van der Waals surface area contributed by atoms with Gasteiger partial charge in [-0.25, -0.2) is 0 Å². The molecule has 7 heteroatoms. The lowest BCUT2D eigenvalue weighted by atomic mass is 10.1. The highest BCUT2D eigenvalue weighted by molar-refractivity contribution is 7.07. The molecule has 0 aromatic carbocycles. The maximum atomic E-state index is 11.5. The molecule has 20 heavy (non-hydrogen) atoms. The van der Waals surface area contributed by atoms with Crippen molar-refractivity contribution >= 4 is 23.2 Å². The summed E-state index contributed by atoms with van der Waals surface area (Å²) in [4.78, 5) is 24.8. The first-order chi connectivity index (χ1) is 9.50. The van der Waals surface area contributed by atoms with Gasteiger partial charge in [0.15, 0.2) is 0 Å². The van der Waals surface area contributed by atoms with Crippen molar-refractivity contribution in [3.63, 3.8) is 0 Å². The van der Waals surface area contributed by atoms with Crippen LogP contribution in [0.1, 0.15) is 18.1 Å². The van der Waals surface area contributed by atoms with E-state index >= 15 is 0 Å². The number of likely N-dealkylation sites (N-methyl/N-ethyl adjacent to an activating group) is 1. The molecule has 0 saturated heterocycles. The summed E-state index contributed by atoms with van der Waals surface area (Å²) in [6.45, 7) is 1.36. The van der Waals surface area contributed by atoms with Crippen LogP contribution >= 0.6 is 11.3 Å². The first-order valence-corrected chi connectivity index (χ1v) is 7.36. The van der Waals surface area contributed by atoms with Gasteiger partial charge in [0.1, 0.15) is 0 Å². The van der Waals surface area contributed by atoms with Gasteiger partial charge < -0.3 is 20.6 Å². The van der Waals surface area contributed by atoms with Crippen LogP contribution in [-0.2, 0) is 9.59 Å². The van der Waals surface area contributed by atoms with E-state index in [1.54, 1.807) is 0 Å². The van der Waals surface area contributed by atoms with Gasteiger partial charge in [-0.05, 0) is 42.9 Å². The van der Waals surface area contributed by atoms with E-state index in [4.69, 9.17) is 0 Å². The molecule has 0 bridgehead atoms. The third kappa shape index (κ3) is 6.14. The van der Waals surface area contributed by atoms with Crippen LogP contribution < -0.4 is 10.6 Å². The number of carbonyl (C=O) groups is 2. The maximum Gasteiger partial charge on any atom is 0.309 e. The van der Waals surface area contributed by atoms with Crippen LogP contribution in [0.15, 0.2) is 16.8 Å². The molecule has 1 aromatic heterocycles. The van der Waals surface area contributed by atoms with E-state index in [2.05, 4.69) is 10.6 Å². The van der Waals surface area contributed by atoms with Crippen molar-refractivity contribution in [3.05, 3.63) is 22.4 Å². The minimum Gasteiger partial charge on any atom is -0.388 e. The summed E-state index contributed by atoms with van der Waals surface area (Å²) in [6, 6.07) is 1.84. The second-order valence-electron chi connectivity index (χ2n) is 4.68. The smallest absolute Gasteiger partial charge is 0.309 e. The number of hydrogen-bond acceptors (Lipinski definition) is 5. The highest BCUT2D eigenvalue weighted by atomic mass is 32.1. The van der Waals surface area contributed by atoms with Gasteiger partial charge in [0.05, 0.1) is 6.10 Å². The average molecular weight is 299 g/mol. The molecule has 0 radical (unpaired) electrons. The Bertz CT molecular complexity index is 421. The Labute approximate surface area is 122 Å². The van der Waals surface area contributed by atoms with Gasteiger partial charge in [0, 0.05) is 19.6 Å². The fourth-order valence-electron chi connectivity index (χ4n) is 1.51. The molecule has 0 saturated carbocycles. The molecule has 3 N–H and O–H groups in total. The molecule has 0 aliphatic heterocycles. The number of aliphatic hydroxyl groups excluding tert-OH is 1. The summed E-state index contributed by atoms with van der Waals surface area (Å²) in [5.74, 6) is -1.31. The Hall–Kier alpha value is -1.44. The summed E-state index contributed by atoms with van der Waals surface area (Å²) >= 11 is 1.51. The summed E-state index contributed by atoms with van der Waals surface area (Å²) in [5, 5.41) is 18.6. The SMILES string of the molecule is CN(C)CCNC(=O)C(=O)NCCC(O)c1ccsc1. The quantitative estimate of drug-likeness (QED) is 0.617. The maximum absolute atomic E-state index is 11.5. The zero-order valence-electron chi connectivity index (χ0n) is 11.8. The standard InChI is InChI=1S/C13H21N3O3S/c1-16(2)7-6-15-13(19)12(18)14-5-3-11(17)10-4-8-20-9-10/h4,8-9,11,17H,3,5-7H2,1-2H3,(H,14,18)(H,15,19). The summed E-state index contributed by atoms with van der Waals surface area (Å²) in [7, 11) is 3.77. The predicted octanol–water partition coefficient (Wildman–Crippen LogP) is -0.0344. The normalized spacial score (nSPS) is 12.2. The first-order valence-electron chi connectivity index (χ1n) is 6.41. The van der Waals surface area contributed by atoms with Gasteiger partial charge in [-0.2, -0.15) is 11.3 Å². The molecule has 1 unspecified atom stereocenters. The van der Waals surface area contributed by atoms with Crippen LogP contribution in [0.25, 0.3) is 0 Å². The van der Waals surface area contributed by atoms with Crippen LogP contribution in [0.5, 0.6) is 0 Å². The molecule has 0 aliphatic carbocycles. The van der Waals surface area contributed by atoms with Crippen molar-refractivity contribution in [2.45, 2.75) is 12.5 Å².